The van der Waals surface area contributed by atoms with Crippen molar-refractivity contribution in [3.05, 3.63) is 233 Å². The topological polar surface area (TPSA) is 38.5 Å². The summed E-state index contributed by atoms with van der Waals surface area (Å²) in [4.78, 5) is 7.84. The van der Waals surface area contributed by atoms with Crippen LogP contribution >= 0.6 is 0 Å². The molecule has 0 bridgehead atoms. The van der Waals surface area contributed by atoms with Crippen LogP contribution in [0.4, 0.5) is 66.7 Å². The van der Waals surface area contributed by atoms with Crippen molar-refractivity contribution in [3.8, 4) is 45.3 Å². The van der Waals surface area contributed by atoms with Crippen LogP contribution in [0.1, 0.15) is 52.7 Å². The molecule has 0 unspecified atom stereocenters. The van der Waals surface area contributed by atoms with Crippen molar-refractivity contribution in [1.29, 1.82) is 0 Å². The molecule has 84 heavy (non-hydrogen) atoms. The summed E-state index contributed by atoms with van der Waals surface area (Å²) < 4.78 is 169. The minimum atomic E-state index is -2.48. The molecule has 0 spiro atoms. The summed E-state index contributed by atoms with van der Waals surface area (Å²) in [6.45, 7) is 10.7. The summed E-state index contributed by atoms with van der Waals surface area (Å²) >= 11 is 0. The lowest BCUT2D eigenvalue weighted by Crippen LogP contribution is -2.26. The molecule has 0 atom stereocenters. The van der Waals surface area contributed by atoms with Crippen LogP contribution in [0.3, 0.4) is 0 Å². The Balaban J connectivity index is 1.05. The molecule has 9 aromatic carbocycles. The molecule has 0 saturated heterocycles. The monoisotopic (exact) mass is 1140 g/mol. The molecule has 1 aliphatic rings. The van der Waals surface area contributed by atoms with E-state index >= 15 is 35.1 Å². The Morgan fingerprint density at radius 3 is 1.33 bits per heavy atom. The maximum Gasteiger partial charge on any atom is 0.200 e. The van der Waals surface area contributed by atoms with E-state index < -0.39 is 98.2 Å². The third kappa shape index (κ3) is 8.43. The van der Waals surface area contributed by atoms with Gasteiger partial charge < -0.3 is 19.1 Å². The first kappa shape index (κ1) is 53.7. The van der Waals surface area contributed by atoms with Crippen LogP contribution in [-0.4, -0.2) is 20.8 Å². The van der Waals surface area contributed by atoms with E-state index in [1.54, 1.807) is 56.1 Å². The molecule has 1 aliphatic heterocycles. The zero-order chi connectivity index (χ0) is 59.0. The molecule has 0 fully saturated rings. The number of ether oxygens (including phenoxy) is 1. The molecular weight excluding hydrogens is 1090 g/mol. The fourth-order valence-corrected chi connectivity index (χ4v) is 11.6. The van der Waals surface area contributed by atoms with Crippen molar-refractivity contribution in [2.45, 2.75) is 52.4 Å². The zero-order valence-electron chi connectivity index (χ0n) is 45.7. The SMILES string of the molecule is CC(C)(C)c1ccnc(-n2c3ccccc3c3ccc(Oc4cc(N5CN(c6c(-c7c(F)c(F)c(F)c(F)c7F)cc(C(C)(C)C)cc6-c6c(F)c(F)c(F)c(F)c6F)c6ccccc65)cc(-n5c6ccccc6c6ccccc65)c4)cc32)c1. The van der Waals surface area contributed by atoms with Gasteiger partial charge in [0.15, 0.2) is 46.5 Å². The second-order valence-electron chi connectivity index (χ2n) is 22.9. The van der Waals surface area contributed by atoms with Gasteiger partial charge in [0.05, 0.1) is 55.9 Å². The molecule has 0 N–H and O–H groups in total. The Hall–Kier alpha value is -9.57. The van der Waals surface area contributed by atoms with Gasteiger partial charge in [0.1, 0.15) is 24.0 Å². The first-order valence-electron chi connectivity index (χ1n) is 26.8. The molecule has 4 heterocycles. The van der Waals surface area contributed by atoms with E-state index in [1.165, 1.54) is 11.0 Å². The lowest BCUT2D eigenvalue weighted by Gasteiger charge is -2.30. The van der Waals surface area contributed by atoms with Gasteiger partial charge >= 0.3 is 0 Å². The molecule has 3 aromatic heterocycles. The largest absolute Gasteiger partial charge is 0.457 e. The van der Waals surface area contributed by atoms with Gasteiger partial charge in [0, 0.05) is 62.8 Å². The highest BCUT2D eigenvalue weighted by Gasteiger charge is 2.39. The smallest absolute Gasteiger partial charge is 0.200 e. The first-order valence-corrected chi connectivity index (χ1v) is 26.8. The fraction of sp³-hybridized carbons (Fsp3) is 0.132. The molecule has 0 amide bonds. The highest BCUT2D eigenvalue weighted by atomic mass is 19.2. The van der Waals surface area contributed by atoms with E-state index in [4.69, 9.17) is 9.72 Å². The number of hydrogen-bond acceptors (Lipinski definition) is 4. The predicted octanol–water partition coefficient (Wildman–Crippen LogP) is 19.6. The summed E-state index contributed by atoms with van der Waals surface area (Å²) in [6.07, 6.45) is 1.79. The van der Waals surface area contributed by atoms with Crippen LogP contribution in [0.2, 0.25) is 0 Å². The minimum Gasteiger partial charge on any atom is -0.457 e. The summed E-state index contributed by atoms with van der Waals surface area (Å²) in [5.41, 5.74) is -0.767. The average Bonchev–Trinajstić information content (AvgIpc) is 3.99. The number of fused-ring (bicyclic) bond motifs is 7. The van der Waals surface area contributed by atoms with E-state index in [0.717, 1.165) is 61.3 Å². The van der Waals surface area contributed by atoms with Gasteiger partial charge in [-0.05, 0) is 94.8 Å². The van der Waals surface area contributed by atoms with Crippen molar-refractivity contribution in [1.82, 2.24) is 14.1 Å². The van der Waals surface area contributed by atoms with Gasteiger partial charge in [-0.3, -0.25) is 4.57 Å². The molecule has 0 radical (unpaired) electrons. The van der Waals surface area contributed by atoms with E-state index in [1.807, 2.05) is 114 Å². The lowest BCUT2D eigenvalue weighted by atomic mass is 9.81. The molecule has 420 valence electrons. The van der Waals surface area contributed by atoms with Crippen molar-refractivity contribution in [2.24, 2.45) is 0 Å². The van der Waals surface area contributed by atoms with Crippen LogP contribution in [0.15, 0.2) is 164 Å². The molecule has 6 nitrogen and oxygen atoms in total. The van der Waals surface area contributed by atoms with Gasteiger partial charge in [-0.25, -0.2) is 48.9 Å². The van der Waals surface area contributed by atoms with E-state index in [-0.39, 0.29) is 16.7 Å². The quantitative estimate of drug-likeness (QED) is 0.0863. The molecule has 0 saturated carbocycles. The number of hydrogen-bond donors (Lipinski definition) is 0. The Morgan fingerprint density at radius 1 is 0.381 bits per heavy atom. The summed E-state index contributed by atoms with van der Waals surface area (Å²) in [5, 5.41) is 3.78. The van der Waals surface area contributed by atoms with Gasteiger partial charge in [-0.1, -0.05) is 108 Å². The number of benzene rings is 9. The van der Waals surface area contributed by atoms with Crippen LogP contribution in [0, 0.1) is 58.2 Å². The number of rotatable bonds is 8. The van der Waals surface area contributed by atoms with Gasteiger partial charge in [-0.15, -0.1) is 0 Å². The Bertz CT molecular complexity index is 4540. The maximum atomic E-state index is 16.5. The second-order valence-corrected chi connectivity index (χ2v) is 22.9. The van der Waals surface area contributed by atoms with E-state index in [0.29, 0.717) is 34.4 Å². The second kappa shape index (κ2) is 19.5. The Kier molecular flexibility index (Phi) is 12.5. The highest BCUT2D eigenvalue weighted by molar-refractivity contribution is 6.11. The predicted molar refractivity (Wildman–Crippen MR) is 309 cm³/mol. The number of anilines is 4. The zero-order valence-corrected chi connectivity index (χ0v) is 45.7. The van der Waals surface area contributed by atoms with Crippen molar-refractivity contribution in [2.75, 3.05) is 16.5 Å². The van der Waals surface area contributed by atoms with Crippen LogP contribution in [0.5, 0.6) is 11.5 Å². The van der Waals surface area contributed by atoms with Gasteiger partial charge in [0.25, 0.3) is 0 Å². The van der Waals surface area contributed by atoms with Crippen molar-refractivity contribution < 1.29 is 48.6 Å². The van der Waals surface area contributed by atoms with Crippen molar-refractivity contribution in [3.63, 3.8) is 0 Å². The Morgan fingerprint density at radius 2 is 0.821 bits per heavy atom. The fourth-order valence-electron chi connectivity index (χ4n) is 11.6. The van der Waals surface area contributed by atoms with Crippen LogP contribution < -0.4 is 14.5 Å². The maximum absolute atomic E-state index is 16.5. The molecule has 16 heteroatoms. The normalized spacial score (nSPS) is 12.9. The molecule has 13 rings (SSSR count). The molecule has 12 aromatic rings. The summed E-state index contributed by atoms with van der Waals surface area (Å²) in [5.74, 6) is -22.1. The van der Waals surface area contributed by atoms with Crippen LogP contribution in [0.25, 0.3) is 77.4 Å². The Labute approximate surface area is 474 Å². The van der Waals surface area contributed by atoms with Gasteiger partial charge in [0.2, 0.25) is 11.6 Å². The van der Waals surface area contributed by atoms with Crippen molar-refractivity contribution >= 4 is 66.4 Å². The third-order valence-electron chi connectivity index (χ3n) is 15.7. The number of aromatic nitrogens is 3. The standard InChI is InChI=1S/C68H47F10N5O/c1-67(2,3)35-25-26-79-53(29-35)83-49-20-12-9-17-43(49)44-24-23-39(33-52(44)83)84-40-31-37(30-38(32-40)82-47-18-10-7-15-41(47)42-16-8-11-19-48(42)82)80-34-81(51-22-14-13-21-50(51)80)66-45(54-56(69)60(73)64(77)61(74)57(54)70)27-36(68(4,5)6)28-46(66)55-58(71)62(75)65(78)63(76)59(55)72/h7-33H,34H2,1-6H3. The lowest BCUT2D eigenvalue weighted by molar-refractivity contribution is 0.381. The number of pyridine rings is 1. The molecular formula is C68H47F10N5O. The summed E-state index contributed by atoms with van der Waals surface area (Å²) in [7, 11) is 0. The first-order chi connectivity index (χ1) is 40.1. The number of nitrogens with zero attached hydrogens (tertiary/aromatic N) is 5. The highest BCUT2D eigenvalue weighted by Crippen LogP contribution is 2.54. The third-order valence-corrected chi connectivity index (χ3v) is 15.7. The van der Waals surface area contributed by atoms with E-state index in [9.17, 15) is 8.78 Å². The van der Waals surface area contributed by atoms with Crippen LogP contribution in [-0.2, 0) is 10.8 Å². The number of halogens is 10. The molecule has 0 aliphatic carbocycles. The average molecular weight is 1140 g/mol. The van der Waals surface area contributed by atoms with Gasteiger partial charge in [-0.2, -0.15) is 0 Å². The number of para-hydroxylation sites is 5. The minimum absolute atomic E-state index is 0.0256. The van der Waals surface area contributed by atoms with E-state index in [2.05, 4.69) is 31.4 Å². The summed E-state index contributed by atoms with van der Waals surface area (Å²) in [6, 6.07) is 47.4.